The molecule has 3 aromatic rings. The van der Waals surface area contributed by atoms with Gasteiger partial charge in [0.05, 0.1) is 0 Å². The molecule has 0 radical (unpaired) electrons. The molecule has 4 heteroatoms. The molecule has 18 heavy (non-hydrogen) atoms. The Hall–Kier alpha value is -0.341. The van der Waals surface area contributed by atoms with Crippen molar-refractivity contribution in [3.8, 4) is 0 Å². The average Bonchev–Trinajstić information content (AvgIpc) is 3.05. The van der Waals surface area contributed by atoms with Gasteiger partial charge in [0.15, 0.2) is 0 Å². The van der Waals surface area contributed by atoms with E-state index in [1.807, 2.05) is 22.7 Å². The van der Waals surface area contributed by atoms with Gasteiger partial charge in [0.1, 0.15) is 0 Å². The van der Waals surface area contributed by atoms with Crippen LogP contribution in [0.2, 0.25) is 0 Å². The first-order chi connectivity index (χ1) is 8.92. The van der Waals surface area contributed by atoms with Crippen LogP contribution in [0.4, 0.5) is 0 Å². The molecule has 0 spiro atoms. The molecule has 3 rings (SSSR count). The van der Waals surface area contributed by atoms with Crippen LogP contribution >= 0.6 is 22.7 Å². The molecular formula is C14H10S2Se2. The summed E-state index contributed by atoms with van der Waals surface area (Å²) in [5.74, 6) is 0. The Labute approximate surface area is 127 Å². The van der Waals surface area contributed by atoms with Gasteiger partial charge in [0.2, 0.25) is 0 Å². The van der Waals surface area contributed by atoms with E-state index in [2.05, 4.69) is 59.3 Å². The van der Waals surface area contributed by atoms with E-state index in [4.69, 9.17) is 0 Å². The fraction of sp³-hybridized carbons (Fsp3) is 0. The van der Waals surface area contributed by atoms with Gasteiger partial charge in [-0.1, -0.05) is 0 Å². The summed E-state index contributed by atoms with van der Waals surface area (Å²) in [5, 5.41) is 4.34. The molecule has 0 fully saturated rings. The molecule has 0 amide bonds. The standard InChI is InChI=1S/C14H10S2Se2/c1-2-6-12(18-14-8-4-10-16-14)11(5-1)17-13-7-3-9-15-13/h1-10H. The second kappa shape index (κ2) is 6.20. The Morgan fingerprint density at radius 2 is 1.11 bits per heavy atom. The fourth-order valence-corrected chi connectivity index (χ4v) is 8.47. The SMILES string of the molecule is c1csc([Se]c2ccccc2[Se]c2cccs2)c1. The van der Waals surface area contributed by atoms with E-state index in [0.29, 0.717) is 29.9 Å². The average molecular weight is 400 g/mol. The van der Waals surface area contributed by atoms with Crippen molar-refractivity contribution >= 4 is 69.1 Å². The maximum absolute atomic E-state index is 2.30. The van der Waals surface area contributed by atoms with Crippen LogP contribution < -0.4 is 16.5 Å². The van der Waals surface area contributed by atoms with Crippen LogP contribution in [0.5, 0.6) is 0 Å². The molecule has 0 atom stereocenters. The van der Waals surface area contributed by atoms with Crippen LogP contribution in [-0.2, 0) is 0 Å². The van der Waals surface area contributed by atoms with Gasteiger partial charge in [-0.15, -0.1) is 0 Å². The predicted octanol–water partition coefficient (Wildman–Crippen LogP) is 1.12. The van der Waals surface area contributed by atoms with E-state index in [1.54, 1.807) is 8.92 Å². The molecule has 2 heterocycles. The molecule has 0 aliphatic heterocycles. The van der Waals surface area contributed by atoms with Gasteiger partial charge in [0, 0.05) is 0 Å². The van der Waals surface area contributed by atoms with Crippen LogP contribution in [0.3, 0.4) is 0 Å². The molecule has 0 unspecified atom stereocenters. The van der Waals surface area contributed by atoms with Crippen molar-refractivity contribution < 1.29 is 0 Å². The van der Waals surface area contributed by atoms with E-state index in [-0.39, 0.29) is 0 Å². The van der Waals surface area contributed by atoms with Crippen molar-refractivity contribution in [1.82, 2.24) is 0 Å². The first kappa shape index (κ1) is 12.7. The first-order valence-electron chi connectivity index (χ1n) is 5.43. The normalized spacial score (nSPS) is 10.7. The summed E-state index contributed by atoms with van der Waals surface area (Å²) in [6.45, 7) is 0. The number of benzene rings is 1. The predicted molar refractivity (Wildman–Crippen MR) is 85.1 cm³/mol. The van der Waals surface area contributed by atoms with Crippen molar-refractivity contribution in [2.24, 2.45) is 0 Å². The summed E-state index contributed by atoms with van der Waals surface area (Å²) in [5.41, 5.74) is 0. The van der Waals surface area contributed by atoms with Crippen molar-refractivity contribution in [1.29, 1.82) is 0 Å². The Bertz CT molecular complexity index is 545. The number of hydrogen-bond acceptors (Lipinski definition) is 2. The van der Waals surface area contributed by atoms with Crippen molar-refractivity contribution in [2.45, 2.75) is 0 Å². The van der Waals surface area contributed by atoms with Gasteiger partial charge in [-0.25, -0.2) is 0 Å². The minimum atomic E-state index is 0.462. The van der Waals surface area contributed by atoms with Crippen LogP contribution in [0.25, 0.3) is 0 Å². The summed E-state index contributed by atoms with van der Waals surface area (Å²) >= 11 is 4.67. The van der Waals surface area contributed by atoms with Gasteiger partial charge < -0.3 is 0 Å². The third-order valence-corrected chi connectivity index (χ3v) is 10.1. The molecule has 0 aliphatic rings. The number of hydrogen-bond donors (Lipinski definition) is 0. The zero-order valence-electron chi connectivity index (χ0n) is 9.41. The molecule has 0 saturated carbocycles. The van der Waals surface area contributed by atoms with E-state index >= 15 is 0 Å². The summed E-state index contributed by atoms with van der Waals surface area (Å²) < 4.78 is 6.11. The molecule has 1 aromatic carbocycles. The van der Waals surface area contributed by atoms with E-state index in [1.165, 1.54) is 7.55 Å². The first-order valence-corrected chi connectivity index (χ1v) is 10.6. The van der Waals surface area contributed by atoms with Crippen LogP contribution in [0.15, 0.2) is 59.3 Å². The molecule has 2 aromatic heterocycles. The van der Waals surface area contributed by atoms with Crippen LogP contribution in [-0.4, -0.2) is 29.9 Å². The number of thiophene rings is 2. The maximum atomic E-state index is 2.30. The second-order valence-electron chi connectivity index (χ2n) is 3.52. The third kappa shape index (κ3) is 3.15. The summed E-state index contributed by atoms with van der Waals surface area (Å²) in [6, 6.07) is 17.7. The van der Waals surface area contributed by atoms with Gasteiger partial charge in [-0.2, -0.15) is 0 Å². The van der Waals surface area contributed by atoms with Gasteiger partial charge >= 0.3 is 128 Å². The van der Waals surface area contributed by atoms with E-state index in [0.717, 1.165) is 0 Å². The number of rotatable bonds is 4. The van der Waals surface area contributed by atoms with Crippen LogP contribution in [0, 0.1) is 0 Å². The van der Waals surface area contributed by atoms with Gasteiger partial charge in [-0.3, -0.25) is 0 Å². The van der Waals surface area contributed by atoms with E-state index < -0.39 is 0 Å². The Morgan fingerprint density at radius 3 is 1.50 bits per heavy atom. The third-order valence-electron chi connectivity index (χ3n) is 2.26. The quantitative estimate of drug-likeness (QED) is 0.576. The Kier molecular flexibility index (Phi) is 4.37. The summed E-state index contributed by atoms with van der Waals surface area (Å²) in [4.78, 5) is 0. The molecule has 0 saturated heterocycles. The molecule has 0 bridgehead atoms. The van der Waals surface area contributed by atoms with Crippen molar-refractivity contribution in [2.75, 3.05) is 0 Å². The summed E-state index contributed by atoms with van der Waals surface area (Å²) in [7, 11) is 0. The summed E-state index contributed by atoms with van der Waals surface area (Å²) in [6.07, 6.45) is 0. The molecular weight excluding hydrogens is 390 g/mol. The topological polar surface area (TPSA) is 0 Å². The van der Waals surface area contributed by atoms with Crippen molar-refractivity contribution in [3.05, 3.63) is 59.3 Å². The Morgan fingerprint density at radius 1 is 0.611 bits per heavy atom. The van der Waals surface area contributed by atoms with Gasteiger partial charge in [-0.05, 0) is 0 Å². The monoisotopic (exact) mass is 402 g/mol. The molecule has 0 N–H and O–H groups in total. The molecule has 0 nitrogen and oxygen atoms in total. The fourth-order valence-electron chi connectivity index (χ4n) is 1.48. The minimum absolute atomic E-state index is 0.462. The zero-order valence-corrected chi connectivity index (χ0v) is 14.5. The van der Waals surface area contributed by atoms with Crippen LogP contribution in [0.1, 0.15) is 0 Å². The zero-order chi connectivity index (χ0) is 12.2. The van der Waals surface area contributed by atoms with Crippen molar-refractivity contribution in [3.63, 3.8) is 0 Å². The second-order valence-corrected chi connectivity index (χ2v) is 11.1. The molecule has 0 aliphatic carbocycles. The van der Waals surface area contributed by atoms with Gasteiger partial charge in [0.25, 0.3) is 0 Å². The van der Waals surface area contributed by atoms with E-state index in [9.17, 15) is 0 Å². The molecule has 90 valence electrons. The Balaban J connectivity index is 1.85.